The fourth-order valence-electron chi connectivity index (χ4n) is 3.22. The van der Waals surface area contributed by atoms with E-state index in [1.807, 2.05) is 12.1 Å². The number of ether oxygens (including phenoxy) is 3. The molecule has 3 aromatic rings. The predicted molar refractivity (Wildman–Crippen MR) is 137 cm³/mol. The predicted octanol–water partition coefficient (Wildman–Crippen LogP) is 5.14. The Morgan fingerprint density at radius 3 is 2.27 bits per heavy atom. The zero-order valence-electron chi connectivity index (χ0n) is 19.2. The third-order valence-electron chi connectivity index (χ3n) is 5.12. The van der Waals surface area contributed by atoms with E-state index in [0.717, 1.165) is 29.9 Å². The van der Waals surface area contributed by atoms with E-state index in [1.165, 1.54) is 11.3 Å². The number of hydrogen-bond donors (Lipinski definition) is 0. The number of rotatable bonds is 11. The quantitative estimate of drug-likeness (QED) is 0.353. The fraction of sp³-hybridized carbons (Fsp3) is 0.391. The number of thiazole rings is 1. The Labute approximate surface area is 209 Å². The first-order valence-electron chi connectivity index (χ1n) is 10.4. The number of amides is 1. The molecule has 0 radical (unpaired) electrons. The normalized spacial score (nSPS) is 10.7. The molecule has 0 saturated heterocycles. The molecule has 7 nitrogen and oxygen atoms in total. The maximum absolute atomic E-state index is 13.2. The Bertz CT molecular complexity index is 1000. The lowest BCUT2D eigenvalue weighted by Crippen LogP contribution is -2.41. The average molecular weight is 514 g/mol. The van der Waals surface area contributed by atoms with Crippen LogP contribution in [0.25, 0.3) is 10.2 Å². The summed E-state index contributed by atoms with van der Waals surface area (Å²) in [7, 11) is 3.19. The molecule has 0 spiro atoms. The van der Waals surface area contributed by atoms with Gasteiger partial charge in [-0.2, -0.15) is 0 Å². The highest BCUT2D eigenvalue weighted by Crippen LogP contribution is 2.37. The maximum Gasteiger partial charge on any atom is 0.266 e. The Morgan fingerprint density at radius 2 is 1.67 bits per heavy atom. The zero-order chi connectivity index (χ0) is 23.1. The van der Waals surface area contributed by atoms with Gasteiger partial charge in [0.15, 0.2) is 23.2 Å². The molecule has 0 atom stereocenters. The van der Waals surface area contributed by atoms with Gasteiger partial charge in [-0.05, 0) is 37.4 Å². The van der Waals surface area contributed by atoms with Gasteiger partial charge in [-0.1, -0.05) is 36.8 Å². The first-order valence-corrected chi connectivity index (χ1v) is 11.6. The van der Waals surface area contributed by atoms with Crippen LogP contribution in [0, 0.1) is 0 Å². The van der Waals surface area contributed by atoms with Gasteiger partial charge in [-0.25, -0.2) is 4.98 Å². The van der Waals surface area contributed by atoms with Crippen molar-refractivity contribution in [2.75, 3.05) is 51.9 Å². The van der Waals surface area contributed by atoms with Crippen LogP contribution in [0.4, 0.5) is 5.13 Å². The first-order chi connectivity index (χ1) is 15.5. The Balaban J connectivity index is 0.00000385. The van der Waals surface area contributed by atoms with E-state index in [1.54, 1.807) is 43.4 Å². The van der Waals surface area contributed by atoms with Crippen LogP contribution in [0.3, 0.4) is 0 Å². The van der Waals surface area contributed by atoms with Crippen molar-refractivity contribution < 1.29 is 19.0 Å². The summed E-state index contributed by atoms with van der Waals surface area (Å²) in [5.41, 5.74) is 0.752. The van der Waals surface area contributed by atoms with Crippen molar-refractivity contribution in [1.29, 1.82) is 0 Å². The number of likely N-dealkylation sites (N-methyl/N-ethyl adjacent to an activating group) is 1. The smallest absolute Gasteiger partial charge is 0.266 e. The number of anilines is 1. The molecule has 33 heavy (non-hydrogen) atoms. The second kappa shape index (κ2) is 12.8. The summed E-state index contributed by atoms with van der Waals surface area (Å²) in [5.74, 6) is 1.65. The van der Waals surface area contributed by atoms with Gasteiger partial charge >= 0.3 is 0 Å². The van der Waals surface area contributed by atoms with Crippen LogP contribution in [-0.2, 0) is 4.79 Å². The third kappa shape index (κ3) is 6.86. The molecule has 1 amide bonds. The molecule has 0 unspecified atom stereocenters. The van der Waals surface area contributed by atoms with Crippen molar-refractivity contribution >= 4 is 56.6 Å². The number of aromatic nitrogens is 1. The van der Waals surface area contributed by atoms with E-state index in [4.69, 9.17) is 30.8 Å². The molecule has 0 fully saturated rings. The molecule has 0 saturated carbocycles. The topological polar surface area (TPSA) is 64.1 Å². The van der Waals surface area contributed by atoms with Crippen LogP contribution in [0.1, 0.15) is 13.8 Å². The number of fused-ring (bicyclic) bond motifs is 1. The standard InChI is InChI=1S/C23H28ClN3O4S.ClH/c1-5-26(6-2)11-12-27(22(28)15-31-17-9-7-16(24)8-10-17)23-25-18-13-19(29-3)20(30-4)14-21(18)32-23;/h7-10,13-14H,5-6,11-12,15H2,1-4H3;1H. The molecule has 3 rings (SSSR count). The monoisotopic (exact) mass is 513 g/mol. The number of methoxy groups -OCH3 is 2. The minimum absolute atomic E-state index is 0. The molecular weight excluding hydrogens is 485 g/mol. The van der Waals surface area contributed by atoms with Gasteiger partial charge in [0, 0.05) is 30.2 Å². The molecule has 1 aromatic heterocycles. The van der Waals surface area contributed by atoms with Crippen molar-refractivity contribution in [3.63, 3.8) is 0 Å². The highest BCUT2D eigenvalue weighted by Gasteiger charge is 2.22. The molecule has 10 heteroatoms. The van der Waals surface area contributed by atoms with Crippen LogP contribution in [0.5, 0.6) is 17.2 Å². The van der Waals surface area contributed by atoms with E-state index >= 15 is 0 Å². The second-order valence-electron chi connectivity index (χ2n) is 6.99. The molecule has 0 aliphatic carbocycles. The largest absolute Gasteiger partial charge is 0.493 e. The fourth-order valence-corrected chi connectivity index (χ4v) is 4.37. The number of benzene rings is 2. The summed E-state index contributed by atoms with van der Waals surface area (Å²) in [6.07, 6.45) is 0. The maximum atomic E-state index is 13.2. The van der Waals surface area contributed by atoms with Gasteiger partial charge in [-0.15, -0.1) is 12.4 Å². The summed E-state index contributed by atoms with van der Waals surface area (Å²) in [4.78, 5) is 21.8. The highest BCUT2D eigenvalue weighted by atomic mass is 35.5. The van der Waals surface area contributed by atoms with Crippen LogP contribution in [-0.4, -0.2) is 62.8 Å². The first kappa shape index (κ1) is 27.0. The van der Waals surface area contributed by atoms with Crippen molar-refractivity contribution in [2.24, 2.45) is 0 Å². The van der Waals surface area contributed by atoms with E-state index in [-0.39, 0.29) is 24.9 Å². The van der Waals surface area contributed by atoms with Gasteiger partial charge in [0.2, 0.25) is 0 Å². The summed E-state index contributed by atoms with van der Waals surface area (Å²) in [5, 5.41) is 1.23. The lowest BCUT2D eigenvalue weighted by molar-refractivity contribution is -0.120. The van der Waals surface area contributed by atoms with Gasteiger partial charge in [0.1, 0.15) is 5.75 Å². The summed E-state index contributed by atoms with van der Waals surface area (Å²) >= 11 is 7.36. The van der Waals surface area contributed by atoms with E-state index < -0.39 is 0 Å². The van der Waals surface area contributed by atoms with E-state index in [9.17, 15) is 4.79 Å². The van der Waals surface area contributed by atoms with Crippen molar-refractivity contribution in [3.8, 4) is 17.2 Å². The molecule has 0 bridgehead atoms. The van der Waals surface area contributed by atoms with Gasteiger partial charge < -0.3 is 19.1 Å². The average Bonchev–Trinajstić information content (AvgIpc) is 3.22. The van der Waals surface area contributed by atoms with E-state index in [0.29, 0.717) is 33.9 Å². The third-order valence-corrected chi connectivity index (χ3v) is 6.42. The number of carbonyl (C=O) groups is 1. The van der Waals surface area contributed by atoms with Crippen molar-refractivity contribution in [2.45, 2.75) is 13.8 Å². The number of carbonyl (C=O) groups excluding carboxylic acids is 1. The highest BCUT2D eigenvalue weighted by molar-refractivity contribution is 7.22. The minimum Gasteiger partial charge on any atom is -0.493 e. The molecule has 0 aliphatic heterocycles. The number of nitrogens with zero attached hydrogens (tertiary/aromatic N) is 3. The Kier molecular flexibility index (Phi) is 10.5. The molecule has 1 heterocycles. The van der Waals surface area contributed by atoms with Gasteiger partial charge in [0.25, 0.3) is 5.91 Å². The van der Waals surface area contributed by atoms with Crippen LogP contribution < -0.4 is 19.1 Å². The van der Waals surface area contributed by atoms with Crippen molar-refractivity contribution in [1.82, 2.24) is 9.88 Å². The Hall–Kier alpha value is -2.26. The molecular formula is C23H29Cl2N3O4S. The van der Waals surface area contributed by atoms with Gasteiger partial charge in [-0.3, -0.25) is 9.69 Å². The molecule has 0 aliphatic rings. The SMILES string of the molecule is CCN(CC)CCN(C(=O)COc1ccc(Cl)cc1)c1nc2cc(OC)c(OC)cc2s1.Cl. The summed E-state index contributed by atoms with van der Waals surface area (Å²) in [6, 6.07) is 10.7. The molecule has 2 aromatic carbocycles. The second-order valence-corrected chi connectivity index (χ2v) is 8.43. The zero-order valence-corrected chi connectivity index (χ0v) is 21.6. The summed E-state index contributed by atoms with van der Waals surface area (Å²) < 4.78 is 17.4. The number of hydrogen-bond acceptors (Lipinski definition) is 7. The van der Waals surface area contributed by atoms with Crippen molar-refractivity contribution in [3.05, 3.63) is 41.4 Å². The van der Waals surface area contributed by atoms with E-state index in [2.05, 4.69) is 18.7 Å². The van der Waals surface area contributed by atoms with Crippen LogP contribution >= 0.6 is 35.3 Å². The minimum atomic E-state index is -0.162. The summed E-state index contributed by atoms with van der Waals surface area (Å²) in [6.45, 7) is 7.19. The Morgan fingerprint density at radius 1 is 1.03 bits per heavy atom. The van der Waals surface area contributed by atoms with Gasteiger partial charge in [0.05, 0.1) is 24.4 Å². The molecule has 180 valence electrons. The lowest BCUT2D eigenvalue weighted by Gasteiger charge is -2.24. The molecule has 0 N–H and O–H groups in total. The number of halogens is 2. The van der Waals surface area contributed by atoms with Crippen LogP contribution in [0.2, 0.25) is 5.02 Å². The van der Waals surface area contributed by atoms with Crippen LogP contribution in [0.15, 0.2) is 36.4 Å². The lowest BCUT2D eigenvalue weighted by atomic mass is 10.3.